The molecule has 24 heavy (non-hydrogen) atoms. The highest BCUT2D eigenvalue weighted by molar-refractivity contribution is 6.06. The van der Waals surface area contributed by atoms with E-state index < -0.39 is 6.04 Å². The molecule has 2 N–H and O–H groups in total. The number of amides is 2. The van der Waals surface area contributed by atoms with Crippen molar-refractivity contribution in [1.29, 1.82) is 0 Å². The van der Waals surface area contributed by atoms with Crippen molar-refractivity contribution in [1.82, 2.24) is 25.4 Å². The Balaban J connectivity index is 1.93. The first kappa shape index (κ1) is 16.4. The predicted molar refractivity (Wildman–Crippen MR) is 90.8 cm³/mol. The minimum atomic E-state index is -0.483. The minimum Gasteiger partial charge on any atom is -0.354 e. The van der Waals surface area contributed by atoms with Gasteiger partial charge in [0.2, 0.25) is 5.91 Å². The summed E-state index contributed by atoms with van der Waals surface area (Å²) in [5, 5.41) is 10.8. The number of hydrogen-bond acceptors (Lipinski definition) is 4. The molecule has 3 heterocycles. The molecular formula is C17H23N5O2. The van der Waals surface area contributed by atoms with E-state index in [1.807, 2.05) is 20.8 Å². The summed E-state index contributed by atoms with van der Waals surface area (Å²) in [4.78, 5) is 29.3. The number of nitrogens with one attached hydrogen (secondary N) is 2. The summed E-state index contributed by atoms with van der Waals surface area (Å²) in [6.07, 6.45) is 4.19. The van der Waals surface area contributed by atoms with Crippen LogP contribution in [0.1, 0.15) is 55.2 Å². The van der Waals surface area contributed by atoms with Crippen molar-refractivity contribution in [3.63, 3.8) is 0 Å². The first-order valence-corrected chi connectivity index (χ1v) is 8.41. The number of aryl methyl sites for hydroxylation is 1. The van der Waals surface area contributed by atoms with Gasteiger partial charge in [0.05, 0.1) is 17.1 Å². The maximum atomic E-state index is 12.8. The van der Waals surface area contributed by atoms with Crippen LogP contribution in [-0.2, 0) is 4.79 Å². The van der Waals surface area contributed by atoms with Gasteiger partial charge in [0, 0.05) is 18.3 Å². The first-order chi connectivity index (χ1) is 11.5. The van der Waals surface area contributed by atoms with Crippen LogP contribution < -0.4 is 10.6 Å². The molecule has 0 aromatic carbocycles. The monoisotopic (exact) mass is 329 g/mol. The van der Waals surface area contributed by atoms with Crippen molar-refractivity contribution in [2.24, 2.45) is 0 Å². The Morgan fingerprint density at radius 1 is 1.42 bits per heavy atom. The Labute approximate surface area is 140 Å². The van der Waals surface area contributed by atoms with Crippen LogP contribution in [0.15, 0.2) is 12.3 Å². The lowest BCUT2D eigenvalue weighted by atomic mass is 10.1. The van der Waals surface area contributed by atoms with E-state index in [0.717, 1.165) is 18.5 Å². The molecule has 0 bridgehead atoms. The van der Waals surface area contributed by atoms with Crippen molar-refractivity contribution in [2.75, 3.05) is 6.54 Å². The number of pyridine rings is 1. The summed E-state index contributed by atoms with van der Waals surface area (Å²) in [6, 6.07) is 1.42. The van der Waals surface area contributed by atoms with Crippen LogP contribution in [0.25, 0.3) is 11.0 Å². The average Bonchev–Trinajstić information content (AvgIpc) is 2.85. The summed E-state index contributed by atoms with van der Waals surface area (Å²) < 4.78 is 1.80. The van der Waals surface area contributed by atoms with E-state index in [-0.39, 0.29) is 17.9 Å². The highest BCUT2D eigenvalue weighted by Crippen LogP contribution is 2.21. The molecule has 3 rings (SSSR count). The van der Waals surface area contributed by atoms with E-state index in [9.17, 15) is 9.59 Å². The highest BCUT2D eigenvalue weighted by Gasteiger charge is 2.24. The number of fused-ring (bicyclic) bond motifs is 1. The van der Waals surface area contributed by atoms with Gasteiger partial charge < -0.3 is 10.6 Å². The summed E-state index contributed by atoms with van der Waals surface area (Å²) in [5.41, 5.74) is 1.96. The molecule has 1 saturated heterocycles. The van der Waals surface area contributed by atoms with Crippen LogP contribution in [0, 0.1) is 6.92 Å². The van der Waals surface area contributed by atoms with Crippen molar-refractivity contribution in [3.8, 4) is 0 Å². The molecule has 1 aliphatic rings. The molecule has 0 radical (unpaired) electrons. The maximum absolute atomic E-state index is 12.8. The predicted octanol–water partition coefficient (Wildman–Crippen LogP) is 1.72. The molecule has 1 atom stereocenters. The molecule has 7 nitrogen and oxygen atoms in total. The second kappa shape index (κ2) is 6.59. The van der Waals surface area contributed by atoms with Gasteiger partial charge in [0.1, 0.15) is 6.04 Å². The molecule has 0 aliphatic carbocycles. The lowest BCUT2D eigenvalue weighted by Gasteiger charge is -2.16. The van der Waals surface area contributed by atoms with E-state index >= 15 is 0 Å². The molecule has 1 fully saturated rings. The normalized spacial score (nSPS) is 18.5. The van der Waals surface area contributed by atoms with Gasteiger partial charge in [-0.2, -0.15) is 5.10 Å². The molecule has 2 aromatic rings. The fraction of sp³-hybridized carbons (Fsp3) is 0.529. The van der Waals surface area contributed by atoms with Crippen LogP contribution in [0.3, 0.4) is 0 Å². The Bertz CT molecular complexity index is 781. The van der Waals surface area contributed by atoms with Crippen molar-refractivity contribution in [3.05, 3.63) is 23.5 Å². The van der Waals surface area contributed by atoms with Gasteiger partial charge >= 0.3 is 0 Å². The van der Waals surface area contributed by atoms with E-state index in [2.05, 4.69) is 20.7 Å². The van der Waals surface area contributed by atoms with Crippen LogP contribution >= 0.6 is 0 Å². The standard InChI is InChI=1S/C17H23N5O2/c1-10(2)22-15-13(9-19-22)12(8-11(3)20-15)16(23)21-14-6-4-5-7-18-17(14)24/h8-10,14H,4-7H2,1-3H3,(H,18,24)(H,21,23). The van der Waals surface area contributed by atoms with Crippen LogP contribution in [-0.4, -0.2) is 39.2 Å². The smallest absolute Gasteiger partial charge is 0.252 e. The molecule has 2 amide bonds. The van der Waals surface area contributed by atoms with Gasteiger partial charge in [-0.1, -0.05) is 0 Å². The third-order valence-corrected chi connectivity index (χ3v) is 4.27. The molecule has 0 saturated carbocycles. The average molecular weight is 329 g/mol. The molecule has 128 valence electrons. The third-order valence-electron chi connectivity index (χ3n) is 4.27. The van der Waals surface area contributed by atoms with E-state index in [1.54, 1.807) is 16.9 Å². The van der Waals surface area contributed by atoms with Gasteiger partial charge in [0.25, 0.3) is 5.91 Å². The SMILES string of the molecule is Cc1cc(C(=O)NC2CCCCNC2=O)c2cnn(C(C)C)c2n1. The van der Waals surface area contributed by atoms with Crippen LogP contribution in [0.2, 0.25) is 0 Å². The highest BCUT2D eigenvalue weighted by atomic mass is 16.2. The van der Waals surface area contributed by atoms with Crippen molar-refractivity contribution < 1.29 is 9.59 Å². The fourth-order valence-corrected chi connectivity index (χ4v) is 3.02. The molecule has 7 heteroatoms. The number of carbonyl (C=O) groups is 2. The van der Waals surface area contributed by atoms with E-state index in [4.69, 9.17) is 0 Å². The molecule has 1 unspecified atom stereocenters. The van der Waals surface area contributed by atoms with Crippen LogP contribution in [0.4, 0.5) is 0 Å². The maximum Gasteiger partial charge on any atom is 0.252 e. The Morgan fingerprint density at radius 3 is 2.96 bits per heavy atom. The zero-order chi connectivity index (χ0) is 17.3. The molecular weight excluding hydrogens is 306 g/mol. The number of nitrogens with zero attached hydrogens (tertiary/aromatic N) is 3. The summed E-state index contributed by atoms with van der Waals surface area (Å²) in [7, 11) is 0. The van der Waals surface area contributed by atoms with E-state index in [0.29, 0.717) is 29.6 Å². The second-order valence-electron chi connectivity index (χ2n) is 6.54. The Hall–Kier alpha value is -2.44. The number of carbonyl (C=O) groups excluding carboxylic acids is 2. The first-order valence-electron chi connectivity index (χ1n) is 8.41. The number of hydrogen-bond donors (Lipinski definition) is 2. The summed E-state index contributed by atoms with van der Waals surface area (Å²) >= 11 is 0. The number of aromatic nitrogens is 3. The Morgan fingerprint density at radius 2 is 2.21 bits per heavy atom. The van der Waals surface area contributed by atoms with Crippen molar-refractivity contribution >= 4 is 22.8 Å². The zero-order valence-corrected chi connectivity index (χ0v) is 14.3. The zero-order valence-electron chi connectivity index (χ0n) is 14.3. The van der Waals surface area contributed by atoms with Gasteiger partial charge in [-0.15, -0.1) is 0 Å². The van der Waals surface area contributed by atoms with Gasteiger partial charge in [-0.25, -0.2) is 9.67 Å². The summed E-state index contributed by atoms with van der Waals surface area (Å²) in [5.74, 6) is -0.364. The van der Waals surface area contributed by atoms with Crippen molar-refractivity contribution in [2.45, 2.75) is 52.1 Å². The quantitative estimate of drug-likeness (QED) is 0.897. The lowest BCUT2D eigenvalue weighted by molar-refractivity contribution is -0.122. The van der Waals surface area contributed by atoms with Gasteiger partial charge in [-0.05, 0) is 46.1 Å². The Kier molecular flexibility index (Phi) is 4.51. The molecule has 0 spiro atoms. The topological polar surface area (TPSA) is 88.9 Å². The third kappa shape index (κ3) is 3.11. The summed E-state index contributed by atoms with van der Waals surface area (Å²) in [6.45, 7) is 6.56. The second-order valence-corrected chi connectivity index (χ2v) is 6.54. The van der Waals surface area contributed by atoms with Crippen LogP contribution in [0.5, 0.6) is 0 Å². The van der Waals surface area contributed by atoms with Gasteiger partial charge in [-0.3, -0.25) is 9.59 Å². The van der Waals surface area contributed by atoms with Gasteiger partial charge in [0.15, 0.2) is 5.65 Å². The minimum absolute atomic E-state index is 0.110. The number of rotatable bonds is 3. The van der Waals surface area contributed by atoms with E-state index in [1.165, 1.54) is 0 Å². The lowest BCUT2D eigenvalue weighted by Crippen LogP contribution is -2.45. The molecule has 1 aliphatic heterocycles. The fourth-order valence-electron chi connectivity index (χ4n) is 3.02. The largest absolute Gasteiger partial charge is 0.354 e. The molecule has 2 aromatic heterocycles.